The molecule has 1 aromatic carbocycles. The first-order valence-corrected chi connectivity index (χ1v) is 6.02. The summed E-state index contributed by atoms with van der Waals surface area (Å²) in [7, 11) is 4.78. The smallest absolute Gasteiger partial charge is 0.387 e. The molecule has 0 aliphatic rings. The summed E-state index contributed by atoms with van der Waals surface area (Å²) in [6.45, 7) is -1.75. The van der Waals surface area contributed by atoms with E-state index in [0.717, 1.165) is 0 Å². The topological polar surface area (TPSA) is 50.8 Å². The van der Waals surface area contributed by atoms with Gasteiger partial charge >= 0.3 is 6.61 Å². The Morgan fingerprint density at radius 2 is 2.05 bits per heavy atom. The van der Waals surface area contributed by atoms with Gasteiger partial charge in [0.1, 0.15) is 0 Å². The van der Waals surface area contributed by atoms with E-state index in [1.807, 2.05) is 0 Å². The summed E-state index contributed by atoms with van der Waals surface area (Å²) in [4.78, 5) is 13.6. The minimum Gasteiger partial charge on any atom is -0.493 e. The highest BCUT2D eigenvalue weighted by molar-refractivity contribution is 5.94. The van der Waals surface area contributed by atoms with Crippen LogP contribution in [0.5, 0.6) is 11.5 Å². The number of nitrogens with one attached hydrogen (secondary N) is 1. The van der Waals surface area contributed by atoms with E-state index in [-0.39, 0.29) is 29.8 Å². The number of hydrogen-bond donors (Lipinski definition) is 1. The number of likely N-dealkylation sites (N-methyl/N-ethyl adjacent to an activating group) is 2. The predicted octanol–water partition coefficient (Wildman–Crippen LogP) is 2.01. The lowest BCUT2D eigenvalue weighted by Crippen LogP contribution is -2.32. The van der Waals surface area contributed by atoms with E-state index in [1.165, 1.54) is 30.2 Å². The highest BCUT2D eigenvalue weighted by atomic mass is 35.5. The van der Waals surface area contributed by atoms with Gasteiger partial charge in [-0.1, -0.05) is 0 Å². The molecule has 120 valence electrons. The second-order valence-electron chi connectivity index (χ2n) is 4.07. The van der Waals surface area contributed by atoms with Gasteiger partial charge in [-0.3, -0.25) is 4.79 Å². The monoisotopic (exact) mass is 324 g/mol. The maximum absolute atomic E-state index is 12.2. The Kier molecular flexibility index (Phi) is 8.64. The van der Waals surface area contributed by atoms with Gasteiger partial charge in [0.2, 0.25) is 0 Å². The van der Waals surface area contributed by atoms with Gasteiger partial charge in [-0.05, 0) is 25.2 Å². The van der Waals surface area contributed by atoms with Gasteiger partial charge in [-0.15, -0.1) is 12.4 Å². The number of hydrogen-bond acceptors (Lipinski definition) is 4. The second-order valence-corrected chi connectivity index (χ2v) is 4.07. The summed E-state index contributed by atoms with van der Waals surface area (Å²) >= 11 is 0. The van der Waals surface area contributed by atoms with E-state index in [9.17, 15) is 13.6 Å². The maximum Gasteiger partial charge on any atom is 0.387 e. The van der Waals surface area contributed by atoms with Gasteiger partial charge in [-0.25, -0.2) is 0 Å². The number of rotatable bonds is 7. The van der Waals surface area contributed by atoms with E-state index < -0.39 is 6.61 Å². The molecule has 0 heterocycles. The summed E-state index contributed by atoms with van der Waals surface area (Å²) in [6, 6.07) is 4.11. The minimum atomic E-state index is -2.94. The predicted molar refractivity (Wildman–Crippen MR) is 77.8 cm³/mol. The Hall–Kier alpha value is -1.60. The van der Waals surface area contributed by atoms with Crippen molar-refractivity contribution >= 4 is 18.3 Å². The second kappa shape index (κ2) is 9.36. The van der Waals surface area contributed by atoms with Crippen molar-refractivity contribution in [3.8, 4) is 11.5 Å². The maximum atomic E-state index is 12.2. The molecule has 0 radical (unpaired) electrons. The van der Waals surface area contributed by atoms with Crippen molar-refractivity contribution in [2.45, 2.75) is 6.61 Å². The van der Waals surface area contributed by atoms with Gasteiger partial charge in [0.25, 0.3) is 5.91 Å². The Balaban J connectivity index is 0.00000400. The lowest BCUT2D eigenvalue weighted by atomic mass is 10.1. The molecule has 0 aromatic heterocycles. The van der Waals surface area contributed by atoms with Crippen LogP contribution in [0.3, 0.4) is 0 Å². The number of benzene rings is 1. The first kappa shape index (κ1) is 19.4. The van der Waals surface area contributed by atoms with Crippen LogP contribution in [0, 0.1) is 0 Å². The Bertz CT molecular complexity index is 461. The molecule has 0 spiro atoms. The molecule has 1 amide bonds. The molecule has 0 unspecified atom stereocenters. The van der Waals surface area contributed by atoms with Crippen molar-refractivity contribution in [2.24, 2.45) is 0 Å². The quantitative estimate of drug-likeness (QED) is 0.833. The normalized spacial score (nSPS) is 10.0. The number of carbonyl (C=O) groups is 1. The van der Waals surface area contributed by atoms with E-state index in [4.69, 9.17) is 4.74 Å². The Labute approximate surface area is 128 Å². The number of methoxy groups -OCH3 is 1. The molecular formula is C13H19ClF2N2O3. The molecule has 1 rings (SSSR count). The first-order chi connectivity index (χ1) is 9.49. The fraction of sp³-hybridized carbons (Fsp3) is 0.462. The molecule has 0 saturated heterocycles. The number of alkyl halides is 2. The minimum absolute atomic E-state index is 0. The highest BCUT2D eigenvalue weighted by Crippen LogP contribution is 2.29. The summed E-state index contributed by atoms with van der Waals surface area (Å²) in [5.41, 5.74) is 0.349. The van der Waals surface area contributed by atoms with E-state index in [1.54, 1.807) is 14.1 Å². The molecule has 8 heteroatoms. The van der Waals surface area contributed by atoms with Crippen molar-refractivity contribution in [1.82, 2.24) is 10.2 Å². The van der Waals surface area contributed by atoms with Gasteiger partial charge in [0.05, 0.1) is 7.11 Å². The number of halogens is 3. The number of ether oxygens (including phenoxy) is 2. The average molecular weight is 325 g/mol. The molecule has 0 aliphatic heterocycles. The van der Waals surface area contributed by atoms with Gasteiger partial charge in [0.15, 0.2) is 11.5 Å². The zero-order valence-electron chi connectivity index (χ0n) is 12.1. The average Bonchev–Trinajstić information content (AvgIpc) is 2.43. The summed E-state index contributed by atoms with van der Waals surface area (Å²) < 4.78 is 33.7. The number of nitrogens with zero attached hydrogens (tertiary/aromatic N) is 1. The number of carbonyl (C=O) groups excluding carboxylic acids is 1. The zero-order valence-corrected chi connectivity index (χ0v) is 12.9. The van der Waals surface area contributed by atoms with Crippen LogP contribution in [0.1, 0.15) is 10.4 Å². The van der Waals surface area contributed by atoms with Crippen LogP contribution >= 0.6 is 12.4 Å². The van der Waals surface area contributed by atoms with E-state index in [2.05, 4.69) is 10.1 Å². The van der Waals surface area contributed by atoms with Crippen molar-refractivity contribution in [3.05, 3.63) is 23.8 Å². The molecule has 1 N–H and O–H groups in total. The van der Waals surface area contributed by atoms with Crippen molar-refractivity contribution in [3.63, 3.8) is 0 Å². The van der Waals surface area contributed by atoms with E-state index >= 15 is 0 Å². The fourth-order valence-corrected chi connectivity index (χ4v) is 1.60. The zero-order chi connectivity index (χ0) is 15.1. The third kappa shape index (κ3) is 5.73. The Morgan fingerprint density at radius 3 is 2.57 bits per heavy atom. The Morgan fingerprint density at radius 1 is 1.38 bits per heavy atom. The van der Waals surface area contributed by atoms with Crippen molar-refractivity contribution in [1.29, 1.82) is 0 Å². The molecule has 0 bridgehead atoms. The fourth-order valence-electron chi connectivity index (χ4n) is 1.60. The van der Waals surface area contributed by atoms with Crippen LogP contribution in [0.25, 0.3) is 0 Å². The largest absolute Gasteiger partial charge is 0.493 e. The SMILES string of the molecule is CNCCN(C)C(=O)c1ccc(OC(F)F)c(OC)c1.Cl. The third-order valence-electron chi connectivity index (χ3n) is 2.67. The van der Waals surface area contributed by atoms with Gasteiger partial charge < -0.3 is 19.7 Å². The summed E-state index contributed by atoms with van der Waals surface area (Å²) in [6.07, 6.45) is 0. The molecule has 0 saturated carbocycles. The number of amides is 1. The van der Waals surface area contributed by atoms with E-state index in [0.29, 0.717) is 18.7 Å². The van der Waals surface area contributed by atoms with Crippen LogP contribution in [-0.2, 0) is 0 Å². The molecule has 0 aliphatic carbocycles. The van der Waals surface area contributed by atoms with Gasteiger partial charge in [0, 0.05) is 25.7 Å². The van der Waals surface area contributed by atoms with Crippen molar-refractivity contribution in [2.75, 3.05) is 34.3 Å². The van der Waals surface area contributed by atoms with Crippen LogP contribution in [0.15, 0.2) is 18.2 Å². The summed E-state index contributed by atoms with van der Waals surface area (Å²) in [5, 5.41) is 2.94. The third-order valence-corrected chi connectivity index (χ3v) is 2.67. The van der Waals surface area contributed by atoms with Crippen LogP contribution in [-0.4, -0.2) is 51.7 Å². The summed E-state index contributed by atoms with van der Waals surface area (Å²) in [5.74, 6) is -0.225. The molecular weight excluding hydrogens is 306 g/mol. The van der Waals surface area contributed by atoms with Crippen LogP contribution in [0.4, 0.5) is 8.78 Å². The standard InChI is InChI=1S/C13H18F2N2O3.ClH/c1-16-6-7-17(2)12(18)9-4-5-10(20-13(14)15)11(8-9)19-3;/h4-5,8,13,16H,6-7H2,1-3H3;1H. The van der Waals surface area contributed by atoms with Gasteiger partial charge in [-0.2, -0.15) is 8.78 Å². The van der Waals surface area contributed by atoms with Crippen LogP contribution in [0.2, 0.25) is 0 Å². The molecule has 1 aromatic rings. The van der Waals surface area contributed by atoms with Crippen LogP contribution < -0.4 is 14.8 Å². The highest BCUT2D eigenvalue weighted by Gasteiger charge is 2.16. The molecule has 0 atom stereocenters. The first-order valence-electron chi connectivity index (χ1n) is 6.02. The van der Waals surface area contributed by atoms with Crippen molar-refractivity contribution < 1.29 is 23.0 Å². The lowest BCUT2D eigenvalue weighted by molar-refractivity contribution is -0.0512. The molecule has 21 heavy (non-hydrogen) atoms. The lowest BCUT2D eigenvalue weighted by Gasteiger charge is -2.18. The molecule has 5 nitrogen and oxygen atoms in total. The molecule has 0 fully saturated rings.